The number of fused-ring (bicyclic) bond motifs is 5. The molecule has 0 aromatic carbocycles. The number of rotatable bonds is 0. The van der Waals surface area contributed by atoms with E-state index in [1.165, 1.54) is 24.8 Å². The highest BCUT2D eigenvalue weighted by Crippen LogP contribution is 2.65. The third kappa shape index (κ3) is 1.87. The number of thiol groups is 1. The van der Waals surface area contributed by atoms with Crippen LogP contribution in [0, 0.1) is 28.6 Å². The van der Waals surface area contributed by atoms with Crippen LogP contribution in [0.1, 0.15) is 58.8 Å². The normalized spacial score (nSPS) is 54.3. The first-order chi connectivity index (χ1) is 10.4. The Morgan fingerprint density at radius 2 is 1.95 bits per heavy atom. The lowest BCUT2D eigenvalue weighted by molar-refractivity contribution is -0.117. The molecule has 0 unspecified atom stereocenters. The predicted molar refractivity (Wildman–Crippen MR) is 90.9 cm³/mol. The van der Waals surface area contributed by atoms with E-state index in [2.05, 4.69) is 26.5 Å². The van der Waals surface area contributed by atoms with Gasteiger partial charge in [-0.05, 0) is 79.6 Å². The molecule has 122 valence electrons. The fourth-order valence-corrected chi connectivity index (χ4v) is 7.04. The van der Waals surface area contributed by atoms with Gasteiger partial charge in [0.05, 0.1) is 11.4 Å². The van der Waals surface area contributed by atoms with E-state index in [9.17, 15) is 9.90 Å². The van der Waals surface area contributed by atoms with Crippen molar-refractivity contribution >= 4 is 18.4 Å². The molecule has 7 atom stereocenters. The molecule has 1 N–H and O–H groups in total. The van der Waals surface area contributed by atoms with Gasteiger partial charge in [0.15, 0.2) is 5.78 Å². The van der Waals surface area contributed by atoms with Gasteiger partial charge in [0.25, 0.3) is 0 Å². The zero-order valence-electron chi connectivity index (χ0n) is 13.7. The SMILES string of the molecule is C[C@]12CC[C@H]3[C@@H](CCC4=CC(=O)[C@@H](S)C[C@@]43C)[C@@H]1CC[C@@H]2O. The quantitative estimate of drug-likeness (QED) is 0.666. The molecule has 4 rings (SSSR count). The van der Waals surface area contributed by atoms with Crippen molar-refractivity contribution in [2.45, 2.75) is 70.1 Å². The van der Waals surface area contributed by atoms with Gasteiger partial charge < -0.3 is 5.11 Å². The molecular formula is C19H28O2S. The lowest BCUT2D eigenvalue weighted by atomic mass is 9.47. The van der Waals surface area contributed by atoms with Crippen molar-refractivity contribution in [3.05, 3.63) is 11.6 Å². The monoisotopic (exact) mass is 320 g/mol. The van der Waals surface area contributed by atoms with Crippen LogP contribution in [-0.4, -0.2) is 22.2 Å². The molecule has 0 spiro atoms. The van der Waals surface area contributed by atoms with Gasteiger partial charge in [-0.15, -0.1) is 0 Å². The first-order valence-electron chi connectivity index (χ1n) is 8.97. The fourth-order valence-electron chi connectivity index (χ4n) is 6.59. The summed E-state index contributed by atoms with van der Waals surface area (Å²) in [6.45, 7) is 4.71. The average Bonchev–Trinajstić information content (AvgIpc) is 2.77. The molecular weight excluding hydrogens is 292 g/mol. The number of ketones is 1. The minimum atomic E-state index is -0.116. The van der Waals surface area contributed by atoms with Crippen LogP contribution in [0.5, 0.6) is 0 Å². The molecule has 0 aromatic heterocycles. The second kappa shape index (κ2) is 4.86. The topological polar surface area (TPSA) is 37.3 Å². The number of carbonyl (C=O) groups is 1. The molecule has 4 aliphatic carbocycles. The summed E-state index contributed by atoms with van der Waals surface area (Å²) in [5, 5.41) is 10.4. The smallest absolute Gasteiger partial charge is 0.168 e. The molecule has 0 radical (unpaired) electrons. The maximum absolute atomic E-state index is 12.0. The summed E-state index contributed by atoms with van der Waals surface area (Å²) in [7, 11) is 0. The molecule has 0 bridgehead atoms. The van der Waals surface area contributed by atoms with Gasteiger partial charge in [-0.1, -0.05) is 19.4 Å². The van der Waals surface area contributed by atoms with Crippen LogP contribution in [0.2, 0.25) is 0 Å². The number of carbonyl (C=O) groups excluding carboxylic acids is 1. The molecule has 0 heterocycles. The first kappa shape index (κ1) is 15.3. The maximum Gasteiger partial charge on any atom is 0.168 e. The Morgan fingerprint density at radius 3 is 2.73 bits per heavy atom. The summed E-state index contributed by atoms with van der Waals surface area (Å²) in [6, 6.07) is 0. The summed E-state index contributed by atoms with van der Waals surface area (Å²) in [6.07, 6.45) is 9.55. The Hall–Kier alpha value is -0.280. The number of hydrogen-bond acceptors (Lipinski definition) is 3. The standard InChI is InChI=1S/C19H28O2S/c1-18-8-7-14-12(13(18)5-6-17(18)21)4-3-11-9-15(20)16(22)10-19(11,14)2/h9,12-14,16-17,21-22H,3-8,10H2,1-2H3/t12-,13-,14-,16-,17-,18-,19-/m0/s1. The highest BCUT2D eigenvalue weighted by atomic mass is 32.1. The Balaban J connectivity index is 1.70. The molecule has 0 aliphatic heterocycles. The summed E-state index contributed by atoms with van der Waals surface area (Å²) in [5.74, 6) is 2.30. The van der Waals surface area contributed by atoms with Gasteiger partial charge in [0, 0.05) is 0 Å². The maximum atomic E-state index is 12.0. The van der Waals surface area contributed by atoms with Crippen molar-refractivity contribution in [2.24, 2.45) is 28.6 Å². The summed E-state index contributed by atoms with van der Waals surface area (Å²) < 4.78 is 0. The van der Waals surface area contributed by atoms with Crippen LogP contribution < -0.4 is 0 Å². The Kier molecular flexibility index (Phi) is 3.37. The zero-order chi connectivity index (χ0) is 15.7. The lowest BCUT2D eigenvalue weighted by Gasteiger charge is -2.58. The van der Waals surface area contributed by atoms with E-state index in [-0.39, 0.29) is 28.0 Å². The lowest BCUT2D eigenvalue weighted by Crippen LogP contribution is -2.52. The van der Waals surface area contributed by atoms with Crippen LogP contribution in [-0.2, 0) is 4.79 Å². The second-order valence-corrected chi connectivity index (χ2v) is 9.39. The molecule has 3 fully saturated rings. The van der Waals surface area contributed by atoms with Crippen molar-refractivity contribution in [1.82, 2.24) is 0 Å². The highest BCUT2D eigenvalue weighted by Gasteiger charge is 2.59. The van der Waals surface area contributed by atoms with Crippen LogP contribution in [0.25, 0.3) is 0 Å². The van der Waals surface area contributed by atoms with Crippen LogP contribution in [0.15, 0.2) is 11.6 Å². The number of hydrogen-bond donors (Lipinski definition) is 2. The van der Waals surface area contributed by atoms with Crippen LogP contribution in [0.4, 0.5) is 0 Å². The molecule has 4 aliphatic rings. The summed E-state index contributed by atoms with van der Waals surface area (Å²) in [5.41, 5.74) is 1.70. The Bertz CT molecular complexity index is 542. The fraction of sp³-hybridized carbons (Fsp3) is 0.842. The molecule has 0 saturated heterocycles. The van der Waals surface area contributed by atoms with Crippen LogP contribution in [0.3, 0.4) is 0 Å². The van der Waals surface area contributed by atoms with Gasteiger partial charge >= 0.3 is 0 Å². The third-order valence-electron chi connectivity index (χ3n) is 7.95. The Labute approximate surface area is 139 Å². The molecule has 22 heavy (non-hydrogen) atoms. The van der Waals surface area contributed by atoms with E-state index in [1.807, 2.05) is 6.08 Å². The number of aliphatic hydroxyl groups excluding tert-OH is 1. The van der Waals surface area contributed by atoms with Gasteiger partial charge in [-0.25, -0.2) is 0 Å². The van der Waals surface area contributed by atoms with Crippen molar-refractivity contribution in [1.29, 1.82) is 0 Å². The highest BCUT2D eigenvalue weighted by molar-refractivity contribution is 7.81. The van der Waals surface area contributed by atoms with Gasteiger partial charge in [0.1, 0.15) is 0 Å². The van der Waals surface area contributed by atoms with E-state index in [4.69, 9.17) is 0 Å². The largest absolute Gasteiger partial charge is 0.393 e. The van der Waals surface area contributed by atoms with Crippen molar-refractivity contribution in [3.8, 4) is 0 Å². The van der Waals surface area contributed by atoms with E-state index >= 15 is 0 Å². The third-order valence-corrected chi connectivity index (χ3v) is 8.39. The van der Waals surface area contributed by atoms with E-state index < -0.39 is 0 Å². The summed E-state index contributed by atoms with van der Waals surface area (Å²) >= 11 is 4.56. The van der Waals surface area contributed by atoms with Crippen LogP contribution >= 0.6 is 12.6 Å². The first-order valence-corrected chi connectivity index (χ1v) is 9.49. The van der Waals surface area contributed by atoms with E-state index in [1.54, 1.807) is 0 Å². The van der Waals surface area contributed by atoms with Crippen molar-refractivity contribution in [3.63, 3.8) is 0 Å². The van der Waals surface area contributed by atoms with Crippen molar-refractivity contribution < 1.29 is 9.90 Å². The number of allylic oxidation sites excluding steroid dienone is 1. The molecule has 0 amide bonds. The Morgan fingerprint density at radius 1 is 1.18 bits per heavy atom. The summed E-state index contributed by atoms with van der Waals surface area (Å²) in [4.78, 5) is 12.0. The minimum absolute atomic E-state index is 0.103. The second-order valence-electron chi connectivity index (χ2n) is 8.76. The molecule has 0 aromatic rings. The molecule has 3 saturated carbocycles. The van der Waals surface area contributed by atoms with E-state index in [0.29, 0.717) is 11.8 Å². The molecule has 2 nitrogen and oxygen atoms in total. The van der Waals surface area contributed by atoms with Gasteiger partial charge in [0.2, 0.25) is 0 Å². The minimum Gasteiger partial charge on any atom is -0.393 e. The number of aliphatic hydroxyl groups is 1. The van der Waals surface area contributed by atoms with Crippen molar-refractivity contribution in [2.75, 3.05) is 0 Å². The average molecular weight is 320 g/mol. The van der Waals surface area contributed by atoms with Gasteiger partial charge in [-0.2, -0.15) is 12.6 Å². The zero-order valence-corrected chi connectivity index (χ0v) is 14.6. The van der Waals surface area contributed by atoms with E-state index in [0.717, 1.165) is 31.6 Å². The predicted octanol–water partition coefficient (Wildman–Crippen LogP) is 3.79. The molecule has 3 heteroatoms. The van der Waals surface area contributed by atoms with Gasteiger partial charge in [-0.3, -0.25) is 4.79 Å².